The van der Waals surface area contributed by atoms with Crippen molar-refractivity contribution in [2.24, 2.45) is 0 Å². The van der Waals surface area contributed by atoms with Gasteiger partial charge < -0.3 is 4.90 Å². The molecule has 0 radical (unpaired) electrons. The van der Waals surface area contributed by atoms with Gasteiger partial charge in [-0.3, -0.25) is 9.69 Å². The van der Waals surface area contributed by atoms with Crippen LogP contribution in [0, 0.1) is 0 Å². The van der Waals surface area contributed by atoms with Crippen molar-refractivity contribution >= 4 is 5.91 Å². The van der Waals surface area contributed by atoms with Gasteiger partial charge in [0.2, 0.25) is 5.91 Å². The summed E-state index contributed by atoms with van der Waals surface area (Å²) in [5.41, 5.74) is 0. The zero-order chi connectivity index (χ0) is 12.3. The number of hydrogen-bond donors (Lipinski definition) is 0. The number of piperidine rings is 2. The molecule has 0 bridgehead atoms. The van der Waals surface area contributed by atoms with Gasteiger partial charge in [0.25, 0.3) is 0 Å². The topological polar surface area (TPSA) is 23.6 Å². The Morgan fingerprint density at radius 1 is 1.12 bits per heavy atom. The Morgan fingerprint density at radius 2 is 1.82 bits per heavy atom. The van der Waals surface area contributed by atoms with Crippen molar-refractivity contribution in [3.05, 3.63) is 0 Å². The summed E-state index contributed by atoms with van der Waals surface area (Å²) < 4.78 is 0. The minimum Gasteiger partial charge on any atom is -0.338 e. The van der Waals surface area contributed by atoms with E-state index < -0.39 is 0 Å². The molecule has 0 aromatic heterocycles. The van der Waals surface area contributed by atoms with E-state index in [0.29, 0.717) is 11.9 Å². The van der Waals surface area contributed by atoms with Gasteiger partial charge in [-0.1, -0.05) is 13.3 Å². The fourth-order valence-electron chi connectivity index (χ4n) is 3.29. The van der Waals surface area contributed by atoms with Crippen LogP contribution >= 0.6 is 0 Å². The Bertz CT molecular complexity index is 267. The summed E-state index contributed by atoms with van der Waals surface area (Å²) in [6, 6.07) is 0.669. The maximum Gasteiger partial charge on any atom is 0.240 e. The number of likely N-dealkylation sites (tertiary alicyclic amines) is 2. The smallest absolute Gasteiger partial charge is 0.240 e. The van der Waals surface area contributed by atoms with E-state index in [4.69, 9.17) is 0 Å². The molecular formula is C14H26N2O. The molecule has 2 atom stereocenters. The summed E-state index contributed by atoms with van der Waals surface area (Å²) in [5, 5.41) is 0. The molecule has 98 valence electrons. The van der Waals surface area contributed by atoms with Crippen molar-refractivity contribution < 1.29 is 4.79 Å². The Hall–Kier alpha value is -0.570. The molecule has 3 heteroatoms. The second-order valence-corrected chi connectivity index (χ2v) is 5.58. The van der Waals surface area contributed by atoms with Crippen molar-refractivity contribution in [1.82, 2.24) is 9.80 Å². The van der Waals surface area contributed by atoms with Gasteiger partial charge in [-0.05, 0) is 52.1 Å². The Balaban J connectivity index is 2.01. The lowest BCUT2D eigenvalue weighted by atomic mass is 9.96. The van der Waals surface area contributed by atoms with Crippen LogP contribution in [0.3, 0.4) is 0 Å². The number of nitrogens with zero attached hydrogens (tertiary/aromatic N) is 2. The van der Waals surface area contributed by atoms with Gasteiger partial charge in [0, 0.05) is 12.6 Å². The zero-order valence-corrected chi connectivity index (χ0v) is 11.3. The molecule has 2 heterocycles. The third kappa shape index (κ3) is 2.82. The molecule has 2 aliphatic rings. The van der Waals surface area contributed by atoms with Crippen LogP contribution in [0.1, 0.15) is 51.9 Å². The SMILES string of the molecule is CCC1CCCCN1C(=O)C1CCCCN1C. The number of likely N-dealkylation sites (N-methyl/N-ethyl adjacent to an activating group) is 1. The van der Waals surface area contributed by atoms with Gasteiger partial charge in [-0.25, -0.2) is 0 Å². The average molecular weight is 238 g/mol. The zero-order valence-electron chi connectivity index (χ0n) is 11.3. The highest BCUT2D eigenvalue weighted by Crippen LogP contribution is 2.24. The lowest BCUT2D eigenvalue weighted by molar-refractivity contribution is -0.141. The number of carbonyl (C=O) groups is 1. The molecule has 17 heavy (non-hydrogen) atoms. The van der Waals surface area contributed by atoms with Crippen LogP contribution in [-0.4, -0.2) is 47.9 Å². The standard InChI is InChI=1S/C14H26N2O/c1-3-12-8-4-7-11-16(12)14(17)13-9-5-6-10-15(13)2/h12-13H,3-11H2,1-2H3. The highest BCUT2D eigenvalue weighted by Gasteiger charge is 2.33. The lowest BCUT2D eigenvalue weighted by Crippen LogP contribution is -2.53. The summed E-state index contributed by atoms with van der Waals surface area (Å²) in [6.07, 6.45) is 8.33. The molecular weight excluding hydrogens is 212 g/mol. The van der Waals surface area contributed by atoms with Crippen LogP contribution in [0.25, 0.3) is 0 Å². The Kier molecular flexibility index (Phi) is 4.43. The largest absolute Gasteiger partial charge is 0.338 e. The van der Waals surface area contributed by atoms with E-state index in [1.165, 1.54) is 32.1 Å². The van der Waals surface area contributed by atoms with Crippen LogP contribution < -0.4 is 0 Å². The van der Waals surface area contributed by atoms with Crippen LogP contribution in [-0.2, 0) is 4.79 Å². The van der Waals surface area contributed by atoms with E-state index in [1.54, 1.807) is 0 Å². The van der Waals surface area contributed by atoms with Crippen LogP contribution in [0.15, 0.2) is 0 Å². The Labute approximate surface area is 105 Å². The predicted molar refractivity (Wildman–Crippen MR) is 69.9 cm³/mol. The van der Waals surface area contributed by atoms with E-state index in [2.05, 4.69) is 23.8 Å². The van der Waals surface area contributed by atoms with E-state index in [9.17, 15) is 4.79 Å². The third-order valence-corrected chi connectivity index (χ3v) is 4.44. The molecule has 0 aromatic rings. The second kappa shape index (κ2) is 5.85. The summed E-state index contributed by atoms with van der Waals surface area (Å²) in [6.45, 7) is 4.28. The normalized spacial score (nSPS) is 31.5. The van der Waals surface area contributed by atoms with Crippen molar-refractivity contribution in [3.63, 3.8) is 0 Å². The first-order chi connectivity index (χ1) is 8.24. The maximum atomic E-state index is 12.6. The molecule has 2 unspecified atom stereocenters. The highest BCUT2D eigenvalue weighted by molar-refractivity contribution is 5.82. The van der Waals surface area contributed by atoms with Crippen LogP contribution in [0.4, 0.5) is 0 Å². The highest BCUT2D eigenvalue weighted by atomic mass is 16.2. The Morgan fingerprint density at radius 3 is 2.53 bits per heavy atom. The first kappa shape index (κ1) is 12.9. The van der Waals surface area contributed by atoms with Crippen molar-refractivity contribution in [2.75, 3.05) is 20.1 Å². The first-order valence-electron chi connectivity index (χ1n) is 7.24. The van der Waals surface area contributed by atoms with Crippen LogP contribution in [0.5, 0.6) is 0 Å². The van der Waals surface area contributed by atoms with Gasteiger partial charge in [0.15, 0.2) is 0 Å². The average Bonchev–Trinajstić information content (AvgIpc) is 2.38. The molecule has 2 saturated heterocycles. The number of amides is 1. The second-order valence-electron chi connectivity index (χ2n) is 5.58. The monoisotopic (exact) mass is 238 g/mol. The van der Waals surface area contributed by atoms with Gasteiger partial charge in [-0.2, -0.15) is 0 Å². The van der Waals surface area contributed by atoms with Crippen molar-refractivity contribution in [2.45, 2.75) is 64.0 Å². The van der Waals surface area contributed by atoms with Crippen LogP contribution in [0.2, 0.25) is 0 Å². The van der Waals surface area contributed by atoms with Gasteiger partial charge in [0.05, 0.1) is 6.04 Å². The van der Waals surface area contributed by atoms with E-state index in [1.807, 2.05) is 0 Å². The molecule has 2 rings (SSSR count). The summed E-state index contributed by atoms with van der Waals surface area (Å²) in [4.78, 5) is 17.1. The number of hydrogen-bond acceptors (Lipinski definition) is 2. The molecule has 2 fully saturated rings. The summed E-state index contributed by atoms with van der Waals surface area (Å²) in [5.74, 6) is 0.402. The first-order valence-corrected chi connectivity index (χ1v) is 7.24. The summed E-state index contributed by atoms with van der Waals surface area (Å²) >= 11 is 0. The van der Waals surface area contributed by atoms with E-state index >= 15 is 0 Å². The van der Waals surface area contributed by atoms with E-state index in [-0.39, 0.29) is 6.04 Å². The summed E-state index contributed by atoms with van der Waals surface area (Å²) in [7, 11) is 2.10. The van der Waals surface area contributed by atoms with Gasteiger partial charge >= 0.3 is 0 Å². The maximum absolute atomic E-state index is 12.6. The molecule has 0 aromatic carbocycles. The van der Waals surface area contributed by atoms with Gasteiger partial charge in [0.1, 0.15) is 0 Å². The predicted octanol–water partition coefficient (Wildman–Crippen LogP) is 2.26. The van der Waals surface area contributed by atoms with E-state index in [0.717, 1.165) is 25.9 Å². The van der Waals surface area contributed by atoms with Crippen molar-refractivity contribution in [1.29, 1.82) is 0 Å². The number of rotatable bonds is 2. The molecule has 0 N–H and O–H groups in total. The minimum absolute atomic E-state index is 0.163. The fourth-order valence-corrected chi connectivity index (χ4v) is 3.29. The molecule has 0 spiro atoms. The van der Waals surface area contributed by atoms with Gasteiger partial charge in [-0.15, -0.1) is 0 Å². The molecule has 3 nitrogen and oxygen atoms in total. The minimum atomic E-state index is 0.163. The molecule has 0 aliphatic carbocycles. The lowest BCUT2D eigenvalue weighted by Gasteiger charge is -2.41. The molecule has 1 amide bonds. The quantitative estimate of drug-likeness (QED) is 0.737. The third-order valence-electron chi connectivity index (χ3n) is 4.44. The molecule has 2 aliphatic heterocycles. The number of carbonyl (C=O) groups excluding carboxylic acids is 1. The fraction of sp³-hybridized carbons (Fsp3) is 0.929. The van der Waals surface area contributed by atoms with Crippen molar-refractivity contribution in [3.8, 4) is 0 Å². The molecule has 0 saturated carbocycles.